The van der Waals surface area contributed by atoms with Gasteiger partial charge in [-0.25, -0.2) is 4.68 Å². The molecule has 34 heavy (non-hydrogen) atoms. The van der Waals surface area contributed by atoms with Crippen LogP contribution in [0.3, 0.4) is 0 Å². The molecule has 0 saturated heterocycles. The van der Waals surface area contributed by atoms with Gasteiger partial charge >= 0.3 is 11.8 Å². The zero-order valence-corrected chi connectivity index (χ0v) is 20.2. The molecule has 180 valence electrons. The molecule has 0 unspecified atom stereocenters. The number of nitrogens with zero attached hydrogens (tertiary/aromatic N) is 1. The highest BCUT2D eigenvalue weighted by atomic mass is 35.5. The van der Waals surface area contributed by atoms with Crippen LogP contribution in [0.15, 0.2) is 48.5 Å². The average Bonchev–Trinajstić information content (AvgIpc) is 3.16. The van der Waals surface area contributed by atoms with Crippen LogP contribution in [0.1, 0.15) is 43.2 Å². The first-order valence-corrected chi connectivity index (χ1v) is 11.6. The highest BCUT2D eigenvalue weighted by molar-refractivity contribution is 6.38. The van der Waals surface area contributed by atoms with Gasteiger partial charge in [0.2, 0.25) is 0 Å². The molecule has 2 aromatic carbocycles. The number of aromatic nitrogens is 1. The molecule has 0 saturated carbocycles. The highest BCUT2D eigenvalue weighted by Gasteiger charge is 2.21. The van der Waals surface area contributed by atoms with E-state index >= 15 is 0 Å². The summed E-state index contributed by atoms with van der Waals surface area (Å²) >= 11 is 6.11. The van der Waals surface area contributed by atoms with E-state index in [1.54, 1.807) is 24.3 Å². The lowest BCUT2D eigenvalue weighted by Crippen LogP contribution is -2.40. The number of benzene rings is 2. The van der Waals surface area contributed by atoms with Crippen molar-refractivity contribution in [2.75, 3.05) is 23.9 Å². The van der Waals surface area contributed by atoms with E-state index in [1.807, 2.05) is 38.1 Å². The number of carbonyl (C=O) groups is 3. The van der Waals surface area contributed by atoms with Crippen LogP contribution in [0, 0.1) is 0 Å². The second kappa shape index (κ2) is 11.7. The molecule has 3 N–H and O–H groups in total. The summed E-state index contributed by atoms with van der Waals surface area (Å²) in [4.78, 5) is 37.9. The molecular formula is C25H29ClN4O4. The number of aryl methyl sites for hydroxylation is 1. The molecule has 0 aliphatic rings. The third kappa shape index (κ3) is 6.59. The van der Waals surface area contributed by atoms with Crippen molar-refractivity contribution in [3.8, 4) is 0 Å². The van der Waals surface area contributed by atoms with E-state index in [9.17, 15) is 14.4 Å². The maximum atomic E-state index is 13.1. The maximum Gasteiger partial charge on any atom is 0.328 e. The van der Waals surface area contributed by atoms with Gasteiger partial charge in [0.15, 0.2) is 0 Å². The Balaban J connectivity index is 1.76. The van der Waals surface area contributed by atoms with Crippen LogP contribution in [0.4, 0.5) is 5.69 Å². The average molecular weight is 485 g/mol. The van der Waals surface area contributed by atoms with Crippen molar-refractivity contribution in [2.24, 2.45) is 0 Å². The lowest BCUT2D eigenvalue weighted by atomic mass is 10.1. The van der Waals surface area contributed by atoms with E-state index < -0.39 is 17.7 Å². The molecular weight excluding hydrogens is 456 g/mol. The van der Waals surface area contributed by atoms with Crippen LogP contribution in [0.2, 0.25) is 5.02 Å². The minimum absolute atomic E-state index is 0.101. The number of halogens is 1. The number of ether oxygens (including phenoxy) is 1. The van der Waals surface area contributed by atoms with Gasteiger partial charge in [-0.2, -0.15) is 0 Å². The lowest BCUT2D eigenvalue weighted by Gasteiger charge is -2.13. The fourth-order valence-corrected chi connectivity index (χ4v) is 3.50. The predicted molar refractivity (Wildman–Crippen MR) is 134 cm³/mol. The zero-order chi connectivity index (χ0) is 24.7. The third-order valence-electron chi connectivity index (χ3n) is 5.09. The van der Waals surface area contributed by atoms with E-state index in [4.69, 9.17) is 16.3 Å². The number of rotatable bonds is 9. The molecule has 3 aromatic rings. The largest absolute Gasteiger partial charge is 0.379 e. The van der Waals surface area contributed by atoms with E-state index in [0.29, 0.717) is 41.2 Å². The van der Waals surface area contributed by atoms with Gasteiger partial charge in [0, 0.05) is 29.2 Å². The van der Waals surface area contributed by atoms with Gasteiger partial charge in [-0.05, 0) is 68.7 Å². The van der Waals surface area contributed by atoms with Gasteiger partial charge in [0.1, 0.15) is 5.69 Å². The zero-order valence-electron chi connectivity index (χ0n) is 19.5. The number of fused-ring (bicyclic) bond motifs is 1. The summed E-state index contributed by atoms with van der Waals surface area (Å²) in [6.45, 7) is 6.67. The molecule has 0 aliphatic heterocycles. The molecule has 0 aliphatic carbocycles. The highest BCUT2D eigenvalue weighted by Crippen LogP contribution is 2.23. The Morgan fingerprint density at radius 1 is 1.03 bits per heavy atom. The SMILES string of the molecule is CCc1ccc(NC(=O)c2cc3cc(Cl)ccc3n2NC(=O)C(=O)NCCCOC(C)C)cc1. The summed E-state index contributed by atoms with van der Waals surface area (Å²) in [5, 5.41) is 6.52. The number of carbonyl (C=O) groups excluding carboxylic acids is 3. The quantitative estimate of drug-likeness (QED) is 0.314. The third-order valence-corrected chi connectivity index (χ3v) is 5.33. The summed E-state index contributed by atoms with van der Waals surface area (Å²) in [7, 11) is 0. The van der Waals surface area contributed by atoms with Crippen LogP contribution in [0.25, 0.3) is 10.9 Å². The molecule has 1 heterocycles. The molecule has 3 amide bonds. The van der Waals surface area contributed by atoms with Crippen molar-refractivity contribution in [3.05, 3.63) is 64.8 Å². The van der Waals surface area contributed by atoms with Gasteiger partial charge < -0.3 is 15.4 Å². The summed E-state index contributed by atoms with van der Waals surface area (Å²) in [6.07, 6.45) is 1.57. The standard InChI is InChI=1S/C25H29ClN4O4/c1-4-17-6-9-20(10-7-17)28-23(31)22-15-18-14-19(26)8-11-21(18)30(22)29-25(33)24(32)27-12-5-13-34-16(2)3/h6-11,14-16H,4-5,12-13H2,1-3H3,(H,27,32)(H,28,31)(H,29,33). The van der Waals surface area contributed by atoms with Crippen molar-refractivity contribution >= 4 is 45.9 Å². The maximum absolute atomic E-state index is 13.1. The monoisotopic (exact) mass is 484 g/mol. The van der Waals surface area contributed by atoms with Crippen LogP contribution in [-0.2, 0) is 20.7 Å². The second-order valence-electron chi connectivity index (χ2n) is 8.04. The summed E-state index contributed by atoms with van der Waals surface area (Å²) < 4.78 is 6.72. The Bertz CT molecular complexity index is 1170. The molecule has 0 atom stereocenters. The first-order chi connectivity index (χ1) is 16.3. The van der Waals surface area contributed by atoms with Crippen molar-refractivity contribution in [1.82, 2.24) is 9.99 Å². The fraction of sp³-hybridized carbons (Fsp3) is 0.320. The molecule has 9 heteroatoms. The van der Waals surface area contributed by atoms with Crippen molar-refractivity contribution < 1.29 is 19.1 Å². The second-order valence-corrected chi connectivity index (χ2v) is 8.48. The number of hydrogen-bond donors (Lipinski definition) is 3. The first-order valence-electron chi connectivity index (χ1n) is 11.2. The topological polar surface area (TPSA) is 101 Å². The van der Waals surface area contributed by atoms with Crippen molar-refractivity contribution in [1.29, 1.82) is 0 Å². The molecule has 8 nitrogen and oxygen atoms in total. The molecule has 0 spiro atoms. The minimum atomic E-state index is -0.890. The Morgan fingerprint density at radius 2 is 1.76 bits per heavy atom. The van der Waals surface area contributed by atoms with E-state index in [-0.39, 0.29) is 11.8 Å². The van der Waals surface area contributed by atoms with Crippen molar-refractivity contribution in [3.63, 3.8) is 0 Å². The molecule has 0 radical (unpaired) electrons. The van der Waals surface area contributed by atoms with Gasteiger partial charge in [-0.1, -0.05) is 30.7 Å². The van der Waals surface area contributed by atoms with Crippen LogP contribution < -0.4 is 16.1 Å². The van der Waals surface area contributed by atoms with E-state index in [2.05, 4.69) is 23.0 Å². The molecule has 0 fully saturated rings. The van der Waals surface area contributed by atoms with E-state index in [1.165, 1.54) is 4.68 Å². The smallest absolute Gasteiger partial charge is 0.328 e. The van der Waals surface area contributed by atoms with E-state index in [0.717, 1.165) is 12.0 Å². The summed E-state index contributed by atoms with van der Waals surface area (Å²) in [5.41, 5.74) is 4.98. The first kappa shape index (κ1) is 25.3. The Hall–Kier alpha value is -3.36. The predicted octanol–water partition coefficient (Wildman–Crippen LogP) is 4.11. The van der Waals surface area contributed by atoms with Gasteiger partial charge in [-0.3, -0.25) is 19.8 Å². The summed E-state index contributed by atoms with van der Waals surface area (Å²) in [6, 6.07) is 14.1. The Kier molecular flexibility index (Phi) is 8.67. The molecule has 0 bridgehead atoms. The van der Waals surface area contributed by atoms with Crippen LogP contribution in [-0.4, -0.2) is 41.7 Å². The lowest BCUT2D eigenvalue weighted by molar-refractivity contribution is -0.136. The van der Waals surface area contributed by atoms with Crippen molar-refractivity contribution in [2.45, 2.75) is 39.7 Å². The fourth-order valence-electron chi connectivity index (χ4n) is 3.32. The number of nitrogens with one attached hydrogen (secondary N) is 3. The Morgan fingerprint density at radius 3 is 2.44 bits per heavy atom. The Labute approximate surface area is 203 Å². The molecule has 3 rings (SSSR count). The number of amides is 3. The van der Waals surface area contributed by atoms with Crippen LogP contribution in [0.5, 0.6) is 0 Å². The minimum Gasteiger partial charge on any atom is -0.379 e. The summed E-state index contributed by atoms with van der Waals surface area (Å²) in [5.74, 6) is -2.14. The molecule has 1 aromatic heterocycles. The number of hydrogen-bond acceptors (Lipinski definition) is 4. The van der Waals surface area contributed by atoms with Gasteiger partial charge in [-0.15, -0.1) is 0 Å². The van der Waals surface area contributed by atoms with Gasteiger partial charge in [0.05, 0.1) is 11.6 Å². The van der Waals surface area contributed by atoms with Crippen LogP contribution >= 0.6 is 11.6 Å². The number of anilines is 1. The van der Waals surface area contributed by atoms with Gasteiger partial charge in [0.25, 0.3) is 5.91 Å². The normalized spacial score (nSPS) is 11.0.